The van der Waals surface area contributed by atoms with Crippen LogP contribution in [0.25, 0.3) is 0 Å². The Hall–Kier alpha value is -3.26. The first kappa shape index (κ1) is 35.8. The standard InChI is InChI=1S/C10H13F.2C10H14.C9H11F/c1-7(2)9-5-4-8(3)6-10(9)11;2*1-8(2)10-6-4-9(3)5-7-10;1-7(2)8-4-3-5-9(10)6-8/h4-7H,1-3H3;2*4-8H,1-3H3;3-7H,1-2H3. The molecule has 41 heavy (non-hydrogen) atoms. The lowest BCUT2D eigenvalue weighted by Gasteiger charge is -2.06. The van der Waals surface area contributed by atoms with E-state index in [0.717, 1.165) is 16.7 Å². The van der Waals surface area contributed by atoms with Crippen LogP contribution in [0.4, 0.5) is 8.78 Å². The summed E-state index contributed by atoms with van der Waals surface area (Å²) >= 11 is 0. The molecule has 0 aromatic heterocycles. The van der Waals surface area contributed by atoms with Crippen LogP contribution in [0.3, 0.4) is 0 Å². The van der Waals surface area contributed by atoms with Gasteiger partial charge in [-0.2, -0.15) is 0 Å². The van der Waals surface area contributed by atoms with E-state index in [1.165, 1.54) is 28.3 Å². The molecule has 4 aromatic carbocycles. The summed E-state index contributed by atoms with van der Waals surface area (Å²) < 4.78 is 25.6. The van der Waals surface area contributed by atoms with E-state index in [4.69, 9.17) is 0 Å². The van der Waals surface area contributed by atoms with Crippen molar-refractivity contribution in [3.63, 3.8) is 0 Å². The molecule has 0 unspecified atom stereocenters. The molecule has 0 amide bonds. The van der Waals surface area contributed by atoms with E-state index in [-0.39, 0.29) is 17.6 Å². The Morgan fingerprint density at radius 1 is 0.415 bits per heavy atom. The summed E-state index contributed by atoms with van der Waals surface area (Å²) in [5, 5.41) is 0. The molecule has 0 heterocycles. The van der Waals surface area contributed by atoms with Gasteiger partial charge in [-0.3, -0.25) is 0 Å². The minimum absolute atomic E-state index is 0.0833. The van der Waals surface area contributed by atoms with Gasteiger partial charge in [0.05, 0.1) is 0 Å². The SMILES string of the molecule is CC(C)c1cccc(F)c1.Cc1ccc(C(C)C)c(F)c1.Cc1ccc(C(C)C)cc1.Cc1ccc(C(C)C)cc1. The van der Waals surface area contributed by atoms with Crippen molar-refractivity contribution in [3.05, 3.63) is 142 Å². The lowest BCUT2D eigenvalue weighted by atomic mass is 10.0. The van der Waals surface area contributed by atoms with Crippen LogP contribution in [-0.2, 0) is 0 Å². The minimum Gasteiger partial charge on any atom is -0.207 e. The maximum atomic E-state index is 13.1. The average Bonchev–Trinajstić information content (AvgIpc) is 2.90. The molecule has 222 valence electrons. The molecule has 0 N–H and O–H groups in total. The molecule has 0 spiro atoms. The third-order valence-corrected chi connectivity index (χ3v) is 6.78. The largest absolute Gasteiger partial charge is 0.207 e. The zero-order valence-electron chi connectivity index (χ0n) is 27.2. The lowest BCUT2D eigenvalue weighted by molar-refractivity contribution is 0.597. The van der Waals surface area contributed by atoms with Gasteiger partial charge in [0.15, 0.2) is 0 Å². The monoisotopic (exact) mass is 558 g/mol. The summed E-state index contributed by atoms with van der Waals surface area (Å²) in [6, 6.07) is 29.5. The summed E-state index contributed by atoms with van der Waals surface area (Å²) in [5.74, 6) is 1.76. The smallest absolute Gasteiger partial charge is 0.126 e. The van der Waals surface area contributed by atoms with Crippen molar-refractivity contribution >= 4 is 0 Å². The molecule has 0 bridgehead atoms. The molecule has 0 saturated heterocycles. The second kappa shape index (κ2) is 18.2. The molecule has 0 fully saturated rings. The molecule has 0 saturated carbocycles. The topological polar surface area (TPSA) is 0 Å². The second-order valence-corrected chi connectivity index (χ2v) is 12.0. The van der Waals surface area contributed by atoms with Gasteiger partial charge in [-0.15, -0.1) is 0 Å². The van der Waals surface area contributed by atoms with E-state index in [1.54, 1.807) is 18.2 Å². The van der Waals surface area contributed by atoms with Gasteiger partial charge in [-0.1, -0.05) is 139 Å². The molecule has 4 rings (SSSR count). The van der Waals surface area contributed by atoms with Crippen LogP contribution in [0.1, 0.15) is 118 Å². The number of rotatable bonds is 4. The second-order valence-electron chi connectivity index (χ2n) is 12.0. The van der Waals surface area contributed by atoms with Crippen molar-refractivity contribution in [3.8, 4) is 0 Å². The highest BCUT2D eigenvalue weighted by molar-refractivity contribution is 5.26. The van der Waals surface area contributed by atoms with E-state index in [0.29, 0.717) is 17.8 Å². The molecule has 0 atom stereocenters. The lowest BCUT2D eigenvalue weighted by Crippen LogP contribution is -1.92. The highest BCUT2D eigenvalue weighted by Crippen LogP contribution is 2.19. The quantitative estimate of drug-likeness (QED) is 0.234. The predicted molar refractivity (Wildman–Crippen MR) is 176 cm³/mol. The van der Waals surface area contributed by atoms with E-state index in [1.807, 2.05) is 39.0 Å². The van der Waals surface area contributed by atoms with Gasteiger partial charge < -0.3 is 0 Å². The molecular weight excluding hydrogens is 506 g/mol. The van der Waals surface area contributed by atoms with Crippen LogP contribution in [0.5, 0.6) is 0 Å². The van der Waals surface area contributed by atoms with Gasteiger partial charge in [0.2, 0.25) is 0 Å². The Morgan fingerprint density at radius 2 is 0.829 bits per heavy atom. The molecular formula is C39H52F2. The molecule has 2 heteroatoms. The number of benzene rings is 4. The van der Waals surface area contributed by atoms with Crippen LogP contribution in [0, 0.1) is 32.4 Å². The van der Waals surface area contributed by atoms with Crippen LogP contribution < -0.4 is 0 Å². The fourth-order valence-corrected chi connectivity index (χ4v) is 3.87. The average molecular weight is 559 g/mol. The first-order chi connectivity index (χ1) is 19.2. The Labute approximate surface area is 249 Å². The maximum Gasteiger partial charge on any atom is 0.126 e. The molecule has 0 aliphatic rings. The third kappa shape index (κ3) is 14.3. The summed E-state index contributed by atoms with van der Waals surface area (Å²) in [4.78, 5) is 0. The predicted octanol–water partition coefficient (Wildman–Crippen LogP) is 12.4. The molecule has 4 aromatic rings. The van der Waals surface area contributed by atoms with E-state index in [2.05, 4.69) is 104 Å². The number of hydrogen-bond donors (Lipinski definition) is 0. The fraction of sp³-hybridized carbons (Fsp3) is 0.385. The Kier molecular flexibility index (Phi) is 15.9. The van der Waals surface area contributed by atoms with Crippen LogP contribution in [0.15, 0.2) is 91.0 Å². The van der Waals surface area contributed by atoms with Crippen molar-refractivity contribution in [1.82, 2.24) is 0 Å². The summed E-state index contributed by atoms with van der Waals surface area (Å²) in [5.41, 5.74) is 8.35. The molecule has 0 aliphatic heterocycles. The van der Waals surface area contributed by atoms with Crippen LogP contribution in [-0.4, -0.2) is 0 Å². The number of aryl methyl sites for hydroxylation is 3. The van der Waals surface area contributed by atoms with Crippen molar-refractivity contribution < 1.29 is 8.78 Å². The summed E-state index contributed by atoms with van der Waals surface area (Å²) in [6.45, 7) is 23.1. The van der Waals surface area contributed by atoms with Crippen molar-refractivity contribution in [2.24, 2.45) is 0 Å². The summed E-state index contributed by atoms with van der Waals surface area (Å²) in [6.07, 6.45) is 0. The normalized spacial score (nSPS) is 10.5. The molecule has 0 aliphatic carbocycles. The van der Waals surface area contributed by atoms with Gasteiger partial charge in [-0.25, -0.2) is 8.78 Å². The van der Waals surface area contributed by atoms with E-state index in [9.17, 15) is 8.78 Å². The first-order valence-electron chi connectivity index (χ1n) is 14.9. The highest BCUT2D eigenvalue weighted by Gasteiger charge is 2.05. The molecule has 0 nitrogen and oxygen atoms in total. The zero-order valence-corrected chi connectivity index (χ0v) is 27.2. The van der Waals surface area contributed by atoms with Crippen LogP contribution >= 0.6 is 0 Å². The zero-order chi connectivity index (χ0) is 31.1. The Morgan fingerprint density at radius 3 is 1.15 bits per heavy atom. The van der Waals surface area contributed by atoms with E-state index < -0.39 is 0 Å². The van der Waals surface area contributed by atoms with Crippen molar-refractivity contribution in [2.45, 2.75) is 99.8 Å². The molecule has 0 radical (unpaired) electrons. The minimum atomic E-state index is -0.147. The number of halogens is 2. The highest BCUT2D eigenvalue weighted by atomic mass is 19.1. The van der Waals surface area contributed by atoms with Gasteiger partial charge in [0.25, 0.3) is 0 Å². The van der Waals surface area contributed by atoms with Gasteiger partial charge in [-0.05, 0) is 90.5 Å². The van der Waals surface area contributed by atoms with Crippen molar-refractivity contribution in [2.75, 3.05) is 0 Å². The first-order valence-corrected chi connectivity index (χ1v) is 14.9. The van der Waals surface area contributed by atoms with Gasteiger partial charge >= 0.3 is 0 Å². The van der Waals surface area contributed by atoms with Crippen molar-refractivity contribution in [1.29, 1.82) is 0 Å². The number of hydrogen-bond acceptors (Lipinski definition) is 0. The fourth-order valence-electron chi connectivity index (χ4n) is 3.87. The Bertz CT molecular complexity index is 1210. The maximum absolute atomic E-state index is 13.1. The van der Waals surface area contributed by atoms with Gasteiger partial charge in [0.1, 0.15) is 11.6 Å². The third-order valence-electron chi connectivity index (χ3n) is 6.78. The van der Waals surface area contributed by atoms with E-state index >= 15 is 0 Å². The van der Waals surface area contributed by atoms with Gasteiger partial charge in [0, 0.05) is 0 Å². The summed E-state index contributed by atoms with van der Waals surface area (Å²) in [7, 11) is 0. The van der Waals surface area contributed by atoms with Crippen LogP contribution in [0.2, 0.25) is 0 Å². The Balaban J connectivity index is 0.000000274.